The Balaban J connectivity index is 0.000000307. The number of hydrogen-bond acceptors (Lipinski definition) is 0. The molecule has 0 heterocycles. The van der Waals surface area contributed by atoms with E-state index in [1.807, 2.05) is 0 Å². The minimum Gasteiger partial charge on any atom is -1.00 e. The van der Waals surface area contributed by atoms with Crippen molar-refractivity contribution >= 4 is 48.0 Å². The largest absolute Gasteiger partial charge is 4.00 e. The van der Waals surface area contributed by atoms with Crippen molar-refractivity contribution in [1.82, 2.24) is 0 Å². The van der Waals surface area contributed by atoms with Crippen LogP contribution >= 0.6 is 15.8 Å². The van der Waals surface area contributed by atoms with Crippen LogP contribution in [0.15, 0.2) is 121 Å². The minimum absolute atomic E-state index is 0. The number of halogens is 2. The predicted octanol–water partition coefficient (Wildman–Crippen LogP) is 6.31. The van der Waals surface area contributed by atoms with Gasteiger partial charge in [-0.15, -0.1) is 68.6 Å². The zero-order chi connectivity index (χ0) is 30.7. The van der Waals surface area contributed by atoms with Crippen molar-refractivity contribution in [3.05, 3.63) is 121 Å². The first kappa shape index (κ1) is 41.6. The average molecular weight is 864 g/mol. The van der Waals surface area contributed by atoms with Gasteiger partial charge in [-0.1, -0.05) is 153 Å². The maximum atomic E-state index is 2.47. The van der Waals surface area contributed by atoms with Crippen molar-refractivity contribution in [3.8, 4) is 22.3 Å². The molecule has 0 bridgehead atoms. The smallest absolute Gasteiger partial charge is 1.00 e. The summed E-state index contributed by atoms with van der Waals surface area (Å²) in [7, 11) is 0.0319. The van der Waals surface area contributed by atoms with Crippen LogP contribution < -0.4 is 35.4 Å². The molecule has 0 aromatic heterocycles. The molecule has 0 saturated carbocycles. The van der Waals surface area contributed by atoms with E-state index in [1.54, 1.807) is 10.6 Å². The van der Waals surface area contributed by atoms with Crippen molar-refractivity contribution < 1.29 is 50.7 Å². The van der Waals surface area contributed by atoms with Crippen LogP contribution in [0.4, 0.5) is 0 Å². The van der Waals surface area contributed by atoms with Gasteiger partial charge in [0.05, 0.1) is 0 Å². The molecule has 0 fully saturated rings. The molecule has 5 heteroatoms. The maximum absolute atomic E-state index is 2.47. The number of fused-ring (bicyclic) bond motifs is 2. The zero-order valence-electron chi connectivity index (χ0n) is 28.4. The van der Waals surface area contributed by atoms with E-state index in [9.17, 15) is 0 Å². The van der Waals surface area contributed by atoms with Crippen LogP contribution in [0.2, 0.25) is 0 Å². The van der Waals surface area contributed by atoms with Crippen LogP contribution in [0.1, 0.15) is 53.4 Å². The molecule has 0 atom stereocenters. The van der Waals surface area contributed by atoms with Crippen LogP contribution in [-0.4, -0.2) is 24.6 Å². The van der Waals surface area contributed by atoms with Gasteiger partial charge in [-0.05, 0) is 35.8 Å². The summed E-state index contributed by atoms with van der Waals surface area (Å²) >= 11 is 0. The summed E-state index contributed by atoms with van der Waals surface area (Å²) in [4.78, 5) is 0. The topological polar surface area (TPSA) is 0 Å². The van der Waals surface area contributed by atoms with Crippen LogP contribution in [0.3, 0.4) is 0 Å². The van der Waals surface area contributed by atoms with Crippen molar-refractivity contribution in [3.63, 3.8) is 0 Å². The van der Waals surface area contributed by atoms with Gasteiger partial charge < -0.3 is 24.8 Å². The molecule has 0 saturated heterocycles. The Morgan fingerprint density at radius 1 is 0.447 bits per heavy atom. The van der Waals surface area contributed by atoms with Crippen molar-refractivity contribution in [2.24, 2.45) is 0 Å². The number of rotatable bonds is 12. The normalized spacial score (nSPS) is 10.7. The molecule has 0 spiro atoms. The maximum Gasteiger partial charge on any atom is 4.00 e. The van der Waals surface area contributed by atoms with Crippen LogP contribution in [0.25, 0.3) is 43.8 Å². The Morgan fingerprint density at radius 3 is 1.11 bits per heavy atom. The van der Waals surface area contributed by atoms with Crippen LogP contribution in [-0.2, 0) is 25.8 Å². The SMILES string of the molecule is CCCP(CCC)c1cc2c(-c3ccccc3)cccc2[cH-]1.CCCP(CCC)c1cc2c(-c3ccccc3)cccc2[cH-]1.[Cl-].[Cl-].[Hf+4]. The van der Waals surface area contributed by atoms with Gasteiger partial charge in [-0.2, -0.15) is 12.1 Å². The molecule has 47 heavy (non-hydrogen) atoms. The summed E-state index contributed by atoms with van der Waals surface area (Å²) in [5.74, 6) is 0. The molecule has 6 aromatic carbocycles. The van der Waals surface area contributed by atoms with E-state index in [4.69, 9.17) is 0 Å². The molecule has 0 aliphatic heterocycles. The first-order chi connectivity index (χ1) is 21.7. The van der Waals surface area contributed by atoms with Crippen LogP contribution in [0, 0.1) is 0 Å². The molecule has 244 valence electrons. The molecule has 0 unspecified atom stereocenters. The summed E-state index contributed by atoms with van der Waals surface area (Å²) in [5.41, 5.74) is 5.38. The third-order valence-electron chi connectivity index (χ3n) is 8.34. The van der Waals surface area contributed by atoms with E-state index in [0.29, 0.717) is 0 Å². The zero-order valence-corrected chi connectivity index (χ0v) is 35.2. The van der Waals surface area contributed by atoms with E-state index >= 15 is 0 Å². The second kappa shape index (κ2) is 21.5. The van der Waals surface area contributed by atoms with E-state index in [-0.39, 0.29) is 66.5 Å². The standard InChI is InChI=1S/2C21H24P.2ClH.Hf/c2*1-3-13-22(14-4-2)19-15-18-11-8-12-20(21(18)16-19)17-9-6-5-7-10-17;;;/h2*5-12,15-16H,3-4,13-14H2,1-2H3;2*1H;/q2*-1;;;+4/p-2. The summed E-state index contributed by atoms with van der Waals surface area (Å²) in [5, 5.41) is 8.83. The van der Waals surface area contributed by atoms with Crippen molar-refractivity contribution in [2.75, 3.05) is 24.6 Å². The molecule has 6 aromatic rings. The molecule has 6 rings (SSSR count). The molecular weight excluding hydrogens is 816 g/mol. The molecule has 0 radical (unpaired) electrons. The van der Waals surface area contributed by atoms with Crippen molar-refractivity contribution in [2.45, 2.75) is 53.4 Å². The fourth-order valence-electron chi connectivity index (χ4n) is 6.36. The monoisotopic (exact) mass is 864 g/mol. The molecule has 0 aliphatic rings. The Bertz CT molecular complexity index is 1580. The Labute approximate surface area is 318 Å². The van der Waals surface area contributed by atoms with Gasteiger partial charge in [0.2, 0.25) is 0 Å². The third kappa shape index (κ3) is 10.7. The van der Waals surface area contributed by atoms with Gasteiger partial charge in [-0.3, -0.25) is 0 Å². The van der Waals surface area contributed by atoms with Gasteiger partial charge in [0, 0.05) is 0 Å². The minimum atomic E-state index is 0. The van der Waals surface area contributed by atoms with Crippen LogP contribution in [0.5, 0.6) is 0 Å². The van der Waals surface area contributed by atoms with E-state index in [1.165, 1.54) is 94.1 Å². The van der Waals surface area contributed by atoms with E-state index < -0.39 is 0 Å². The molecule has 0 amide bonds. The second-order valence-electron chi connectivity index (χ2n) is 11.8. The summed E-state index contributed by atoms with van der Waals surface area (Å²) in [6, 6.07) is 44.7. The third-order valence-corrected chi connectivity index (χ3v) is 14.3. The summed E-state index contributed by atoms with van der Waals surface area (Å²) in [6.07, 6.45) is 10.6. The predicted molar refractivity (Wildman–Crippen MR) is 204 cm³/mol. The number of hydrogen-bond donors (Lipinski definition) is 0. The summed E-state index contributed by atoms with van der Waals surface area (Å²) < 4.78 is 0. The van der Waals surface area contributed by atoms with Gasteiger partial charge in [0.1, 0.15) is 0 Å². The quantitative estimate of drug-likeness (QED) is 0.0770. The average Bonchev–Trinajstić information content (AvgIpc) is 3.71. The van der Waals surface area contributed by atoms with Gasteiger partial charge in [0.15, 0.2) is 0 Å². The molecular formula is C42H48Cl2HfP2. The first-order valence-electron chi connectivity index (χ1n) is 16.7. The molecule has 0 nitrogen and oxygen atoms in total. The molecule has 0 aliphatic carbocycles. The Kier molecular flexibility index (Phi) is 19.0. The second-order valence-corrected chi connectivity index (χ2v) is 16.7. The van der Waals surface area contributed by atoms with E-state index in [0.717, 1.165) is 0 Å². The van der Waals surface area contributed by atoms with Gasteiger partial charge >= 0.3 is 25.8 Å². The fourth-order valence-corrected chi connectivity index (χ4v) is 11.3. The van der Waals surface area contributed by atoms with Crippen molar-refractivity contribution in [1.29, 1.82) is 0 Å². The Hall–Kier alpha value is -1.59. The molecule has 0 N–H and O–H groups in total. The van der Waals surface area contributed by atoms with Gasteiger partial charge in [-0.25, -0.2) is 0 Å². The summed E-state index contributed by atoms with van der Waals surface area (Å²) in [6.45, 7) is 9.23. The van der Waals surface area contributed by atoms with Gasteiger partial charge in [0.25, 0.3) is 0 Å². The Morgan fingerprint density at radius 2 is 0.787 bits per heavy atom. The first-order valence-corrected chi connectivity index (χ1v) is 20.1. The number of benzene rings is 4. The fraction of sp³-hybridized carbons (Fsp3) is 0.286. The van der Waals surface area contributed by atoms with E-state index in [2.05, 4.69) is 149 Å².